The second-order valence-electron chi connectivity index (χ2n) is 11.9. The Labute approximate surface area is 283 Å². The van der Waals surface area contributed by atoms with E-state index in [9.17, 15) is 26.4 Å². The van der Waals surface area contributed by atoms with Crippen LogP contribution < -0.4 is 9.62 Å². The lowest BCUT2D eigenvalue weighted by Crippen LogP contribution is -2.59. The number of ether oxygens (including phenoxy) is 1. The number of fused-ring (bicyclic) bond motifs is 1. The van der Waals surface area contributed by atoms with Gasteiger partial charge in [-0.25, -0.2) is 21.2 Å². The van der Waals surface area contributed by atoms with Crippen LogP contribution in [0.4, 0.5) is 10.1 Å². The van der Waals surface area contributed by atoms with Crippen LogP contribution in [0.3, 0.4) is 0 Å². The number of nitrogens with zero attached hydrogens (tertiary/aromatic N) is 2. The summed E-state index contributed by atoms with van der Waals surface area (Å²) < 4.78 is 76.0. The first-order valence-electron chi connectivity index (χ1n) is 15.3. The molecule has 2 aliphatic heterocycles. The minimum Gasteiger partial charge on any atom is -0.378 e. The predicted octanol–water partition coefficient (Wildman–Crippen LogP) is 4.65. The molecule has 0 bridgehead atoms. The van der Waals surface area contributed by atoms with Crippen molar-refractivity contribution in [3.05, 3.63) is 89.7 Å². The number of amides is 2. The number of anilines is 1. The Morgan fingerprint density at radius 3 is 2.38 bits per heavy atom. The standard InChI is InChI=1S/C34H33ClFN3O7S2/c1-47(42,43)31-7-3-2-5-27(31)24-10-13-30(29(36)21-24)39-14-4-6-28(33(39)40)32(34(41)38-15-17-46-18-16-38)37-48(44,45)26-12-9-22-19-25(35)11-8-23(22)20-26/h2-3,5,7-13,19-21,28,32,37H,4,6,14-18H2,1H3. The van der Waals surface area contributed by atoms with Crippen molar-refractivity contribution in [2.45, 2.75) is 28.7 Å². The van der Waals surface area contributed by atoms with Gasteiger partial charge in [0.25, 0.3) is 0 Å². The Morgan fingerprint density at radius 1 is 0.938 bits per heavy atom. The molecule has 0 spiro atoms. The van der Waals surface area contributed by atoms with Gasteiger partial charge in [-0.05, 0) is 71.6 Å². The number of hydrogen-bond donors (Lipinski definition) is 1. The summed E-state index contributed by atoms with van der Waals surface area (Å²) in [6.45, 7) is 1.13. The molecule has 2 heterocycles. The molecule has 2 amide bonds. The number of benzene rings is 4. The first kappa shape index (κ1) is 34.0. The van der Waals surface area contributed by atoms with Gasteiger partial charge in [0.1, 0.15) is 11.9 Å². The largest absolute Gasteiger partial charge is 0.378 e. The molecular formula is C34H33ClFN3O7S2. The average Bonchev–Trinajstić information content (AvgIpc) is 3.07. The van der Waals surface area contributed by atoms with Gasteiger partial charge in [0.15, 0.2) is 9.84 Å². The lowest BCUT2D eigenvalue weighted by Gasteiger charge is -2.38. The average molecular weight is 714 g/mol. The molecule has 6 rings (SSSR count). The van der Waals surface area contributed by atoms with Gasteiger partial charge in [-0.1, -0.05) is 48.0 Å². The molecule has 0 aromatic heterocycles. The lowest BCUT2D eigenvalue weighted by molar-refractivity contribution is -0.141. The van der Waals surface area contributed by atoms with Gasteiger partial charge in [-0.2, -0.15) is 4.72 Å². The highest BCUT2D eigenvalue weighted by atomic mass is 35.5. The van der Waals surface area contributed by atoms with E-state index in [1.54, 1.807) is 42.5 Å². The third kappa shape index (κ3) is 6.96. The summed E-state index contributed by atoms with van der Waals surface area (Å²) in [5.74, 6) is -3.07. The number of carbonyl (C=O) groups is 2. The Hall–Kier alpha value is -3.88. The zero-order valence-electron chi connectivity index (χ0n) is 25.9. The fourth-order valence-electron chi connectivity index (χ4n) is 6.26. The van der Waals surface area contributed by atoms with Crippen molar-refractivity contribution in [3.63, 3.8) is 0 Å². The number of rotatable bonds is 8. The molecule has 0 aliphatic carbocycles. The Bertz CT molecular complexity index is 2120. The zero-order chi connectivity index (χ0) is 34.2. The molecule has 0 saturated carbocycles. The molecule has 2 unspecified atom stereocenters. The Balaban J connectivity index is 1.33. The molecule has 2 aliphatic rings. The Kier molecular flexibility index (Phi) is 9.60. The van der Waals surface area contributed by atoms with E-state index in [0.717, 1.165) is 11.6 Å². The van der Waals surface area contributed by atoms with Gasteiger partial charge in [-0.15, -0.1) is 0 Å². The number of sulfonamides is 1. The molecular weight excluding hydrogens is 681 g/mol. The minimum absolute atomic E-state index is 0.0400. The highest BCUT2D eigenvalue weighted by Gasteiger charge is 2.43. The van der Waals surface area contributed by atoms with Crippen LogP contribution >= 0.6 is 11.6 Å². The minimum atomic E-state index is -4.32. The third-order valence-corrected chi connectivity index (χ3v) is 11.5. The van der Waals surface area contributed by atoms with Crippen molar-refractivity contribution < 1.29 is 35.6 Å². The smallest absolute Gasteiger partial charge is 0.241 e. The Morgan fingerprint density at radius 2 is 1.65 bits per heavy atom. The van der Waals surface area contributed by atoms with E-state index in [1.165, 1.54) is 46.2 Å². The molecule has 2 atom stereocenters. The summed E-state index contributed by atoms with van der Waals surface area (Å²) in [4.78, 5) is 30.7. The first-order chi connectivity index (χ1) is 22.8. The van der Waals surface area contributed by atoms with Gasteiger partial charge in [0.05, 0.1) is 34.6 Å². The summed E-state index contributed by atoms with van der Waals surface area (Å²) >= 11 is 6.09. The fourth-order valence-corrected chi connectivity index (χ4v) is 8.61. The molecule has 1 N–H and O–H groups in total. The maximum Gasteiger partial charge on any atom is 0.241 e. The van der Waals surface area contributed by atoms with Crippen LogP contribution in [-0.2, 0) is 34.2 Å². The van der Waals surface area contributed by atoms with Crippen molar-refractivity contribution in [3.8, 4) is 11.1 Å². The molecule has 48 heavy (non-hydrogen) atoms. The number of hydrogen-bond acceptors (Lipinski definition) is 7. The van der Waals surface area contributed by atoms with Gasteiger partial charge in [0.2, 0.25) is 21.8 Å². The predicted molar refractivity (Wildman–Crippen MR) is 180 cm³/mol. The summed E-state index contributed by atoms with van der Waals surface area (Å²) in [7, 11) is -7.92. The van der Waals surface area contributed by atoms with Crippen molar-refractivity contribution in [2.75, 3.05) is 44.0 Å². The molecule has 2 fully saturated rings. The summed E-state index contributed by atoms with van der Waals surface area (Å²) in [5.41, 5.74) is 0.568. The van der Waals surface area contributed by atoms with Crippen molar-refractivity contribution in [1.29, 1.82) is 0 Å². The molecule has 10 nitrogen and oxygen atoms in total. The summed E-state index contributed by atoms with van der Waals surface area (Å²) in [5, 5.41) is 1.85. The van der Waals surface area contributed by atoms with Crippen molar-refractivity contribution in [2.24, 2.45) is 5.92 Å². The van der Waals surface area contributed by atoms with E-state index in [0.29, 0.717) is 28.0 Å². The fraction of sp³-hybridized carbons (Fsp3) is 0.294. The van der Waals surface area contributed by atoms with Gasteiger partial charge in [-0.3, -0.25) is 9.59 Å². The number of sulfone groups is 1. The second kappa shape index (κ2) is 13.6. The van der Waals surface area contributed by atoms with Crippen LogP contribution in [0.15, 0.2) is 88.7 Å². The molecule has 4 aromatic rings. The van der Waals surface area contributed by atoms with E-state index in [1.807, 2.05) is 0 Å². The molecule has 0 radical (unpaired) electrons. The first-order valence-corrected chi connectivity index (χ1v) is 19.1. The van der Waals surface area contributed by atoms with Crippen LogP contribution in [0.5, 0.6) is 0 Å². The number of nitrogens with one attached hydrogen (secondary N) is 1. The van der Waals surface area contributed by atoms with Crippen LogP contribution in [0.2, 0.25) is 5.02 Å². The van der Waals surface area contributed by atoms with Crippen LogP contribution in [0.1, 0.15) is 12.8 Å². The van der Waals surface area contributed by atoms with E-state index >= 15 is 4.39 Å². The lowest BCUT2D eigenvalue weighted by atomic mass is 9.88. The summed E-state index contributed by atoms with van der Waals surface area (Å²) in [6, 6.07) is 18.4. The highest BCUT2D eigenvalue weighted by Crippen LogP contribution is 2.34. The van der Waals surface area contributed by atoms with Crippen molar-refractivity contribution >= 4 is 59.7 Å². The highest BCUT2D eigenvalue weighted by molar-refractivity contribution is 7.91. The van der Waals surface area contributed by atoms with Gasteiger partial charge in [0, 0.05) is 36.5 Å². The quantitative estimate of drug-likeness (QED) is 0.281. The maximum atomic E-state index is 15.8. The van der Waals surface area contributed by atoms with Gasteiger partial charge >= 0.3 is 0 Å². The van der Waals surface area contributed by atoms with Gasteiger partial charge < -0.3 is 14.5 Å². The molecule has 252 valence electrons. The third-order valence-electron chi connectivity index (χ3n) is 8.67. The normalized spacial score (nSPS) is 18.2. The number of carbonyl (C=O) groups excluding carboxylic acids is 2. The monoisotopic (exact) mass is 713 g/mol. The number of piperidine rings is 1. The molecule has 4 aromatic carbocycles. The number of halogens is 2. The van der Waals surface area contributed by atoms with Crippen LogP contribution in [0, 0.1) is 11.7 Å². The van der Waals surface area contributed by atoms with Crippen molar-refractivity contribution in [1.82, 2.24) is 9.62 Å². The van der Waals surface area contributed by atoms with Crippen LogP contribution in [0.25, 0.3) is 21.9 Å². The summed E-state index contributed by atoms with van der Waals surface area (Å²) in [6.07, 6.45) is 1.64. The maximum absolute atomic E-state index is 15.8. The second-order valence-corrected chi connectivity index (χ2v) is 16.0. The zero-order valence-corrected chi connectivity index (χ0v) is 28.3. The van der Waals surface area contributed by atoms with Crippen LogP contribution in [-0.4, -0.2) is 78.7 Å². The SMILES string of the molecule is CS(=O)(=O)c1ccccc1-c1ccc(N2CCCC(C(NS(=O)(=O)c3ccc4cc(Cl)ccc4c3)C(=O)N3CCOCC3)C2=O)c(F)c1. The molecule has 14 heteroatoms. The molecule has 2 saturated heterocycles. The van der Waals surface area contributed by atoms with E-state index in [2.05, 4.69) is 4.72 Å². The topological polar surface area (TPSA) is 130 Å². The van der Waals surface area contributed by atoms with E-state index < -0.39 is 49.5 Å². The van der Waals surface area contributed by atoms with E-state index in [-0.39, 0.29) is 54.7 Å². The van der Waals surface area contributed by atoms with E-state index in [4.69, 9.17) is 16.3 Å². The number of morpholine rings is 1.